The minimum atomic E-state index is -0.129. The summed E-state index contributed by atoms with van der Waals surface area (Å²) < 4.78 is 2.16. The Bertz CT molecular complexity index is 1130. The van der Waals surface area contributed by atoms with Gasteiger partial charge in [0, 0.05) is 12.2 Å². The number of hydrogen-bond donors (Lipinski definition) is 1. The van der Waals surface area contributed by atoms with Gasteiger partial charge in [-0.3, -0.25) is 10.2 Å². The molecule has 0 fully saturated rings. The molecule has 5 nitrogen and oxygen atoms in total. The van der Waals surface area contributed by atoms with Crippen LogP contribution in [0.4, 0.5) is 15.6 Å². The molecule has 0 spiro atoms. The quantitative estimate of drug-likeness (QED) is 0.526. The van der Waals surface area contributed by atoms with Crippen molar-refractivity contribution in [1.82, 2.24) is 9.97 Å². The number of rotatable bonds is 1. The first-order valence-electron chi connectivity index (χ1n) is 8.00. The van der Waals surface area contributed by atoms with Crippen molar-refractivity contribution in [2.75, 3.05) is 16.8 Å². The molecule has 2 amide bonds. The Balaban J connectivity index is 1.46. The molecule has 1 N–H and O–H groups in total. The number of aryl methyl sites for hydroxylation is 1. The molecule has 1 aliphatic heterocycles. The molecule has 0 unspecified atom stereocenters. The molecule has 25 heavy (non-hydrogen) atoms. The minimum absolute atomic E-state index is 0.129. The molecular weight excluding hydrogens is 352 g/mol. The summed E-state index contributed by atoms with van der Waals surface area (Å²) in [5, 5.41) is 3.57. The van der Waals surface area contributed by atoms with E-state index in [-0.39, 0.29) is 6.03 Å². The number of nitrogens with zero attached hydrogens (tertiary/aromatic N) is 3. The van der Waals surface area contributed by atoms with E-state index in [0.717, 1.165) is 32.5 Å². The molecule has 0 saturated carbocycles. The van der Waals surface area contributed by atoms with Crippen LogP contribution in [0.5, 0.6) is 0 Å². The van der Waals surface area contributed by atoms with Gasteiger partial charge in [-0.2, -0.15) is 0 Å². The van der Waals surface area contributed by atoms with Gasteiger partial charge in [0.1, 0.15) is 5.52 Å². The standard InChI is InChI=1S/C18H14N4OS2/c1-10-2-4-13-11(8-10)6-7-22(13)18(23)21-17-20-12-3-5-14-15(16(12)25-17)19-9-24-14/h2-5,8-9H,6-7H2,1H3,(H,20,21,23). The smallest absolute Gasteiger partial charge is 0.294 e. The Kier molecular flexibility index (Phi) is 3.26. The molecule has 0 atom stereocenters. The summed E-state index contributed by atoms with van der Waals surface area (Å²) in [6, 6.07) is 10.1. The van der Waals surface area contributed by atoms with Gasteiger partial charge in [-0.25, -0.2) is 14.8 Å². The number of fused-ring (bicyclic) bond motifs is 4. The highest BCUT2D eigenvalue weighted by atomic mass is 32.1. The molecule has 4 aromatic rings. The van der Waals surface area contributed by atoms with Gasteiger partial charge in [-0.1, -0.05) is 29.0 Å². The largest absolute Gasteiger partial charge is 0.328 e. The molecule has 0 aliphatic carbocycles. The van der Waals surface area contributed by atoms with E-state index in [1.54, 1.807) is 16.2 Å². The van der Waals surface area contributed by atoms with Gasteiger partial charge in [0.25, 0.3) is 0 Å². The summed E-state index contributed by atoms with van der Waals surface area (Å²) in [4.78, 5) is 23.5. The summed E-state index contributed by atoms with van der Waals surface area (Å²) in [5.74, 6) is 0. The number of nitrogens with one attached hydrogen (secondary N) is 1. The second-order valence-electron chi connectivity index (χ2n) is 6.10. The van der Waals surface area contributed by atoms with Crippen molar-refractivity contribution < 1.29 is 4.79 Å². The lowest BCUT2D eigenvalue weighted by Gasteiger charge is -2.17. The van der Waals surface area contributed by atoms with Gasteiger partial charge in [0.15, 0.2) is 5.13 Å². The van der Waals surface area contributed by atoms with Crippen LogP contribution in [0.15, 0.2) is 35.8 Å². The van der Waals surface area contributed by atoms with Crippen LogP contribution in [0.25, 0.3) is 20.4 Å². The zero-order valence-electron chi connectivity index (χ0n) is 13.4. The number of carbonyl (C=O) groups excluding carboxylic acids is 1. The Labute approximate surface area is 151 Å². The highest BCUT2D eigenvalue weighted by Crippen LogP contribution is 2.34. The van der Waals surface area contributed by atoms with Crippen molar-refractivity contribution in [3.8, 4) is 0 Å². The third-order valence-corrected chi connectivity index (χ3v) is 6.23. The fourth-order valence-corrected chi connectivity index (χ4v) is 4.97. The van der Waals surface area contributed by atoms with Crippen LogP contribution in [0.3, 0.4) is 0 Å². The molecule has 124 valence electrons. The second kappa shape index (κ2) is 5.50. The summed E-state index contributed by atoms with van der Waals surface area (Å²) in [7, 11) is 0. The van der Waals surface area contributed by atoms with Crippen molar-refractivity contribution in [2.45, 2.75) is 13.3 Å². The van der Waals surface area contributed by atoms with Crippen LogP contribution < -0.4 is 10.2 Å². The number of carbonyl (C=O) groups is 1. The molecule has 7 heteroatoms. The number of aromatic nitrogens is 2. The predicted octanol–water partition coefficient (Wildman–Crippen LogP) is 4.81. The van der Waals surface area contributed by atoms with Crippen LogP contribution >= 0.6 is 22.7 Å². The maximum absolute atomic E-state index is 12.7. The van der Waals surface area contributed by atoms with E-state index in [1.807, 2.05) is 29.8 Å². The fourth-order valence-electron chi connectivity index (χ4n) is 3.27. The van der Waals surface area contributed by atoms with Gasteiger partial charge in [-0.05, 0) is 37.1 Å². The van der Waals surface area contributed by atoms with Gasteiger partial charge < -0.3 is 0 Å². The third kappa shape index (κ3) is 2.39. The SMILES string of the molecule is Cc1ccc2c(c1)CCN2C(=O)Nc1nc2ccc3scnc3c2s1. The number of amides is 2. The van der Waals surface area contributed by atoms with Crippen LogP contribution in [0, 0.1) is 6.92 Å². The minimum Gasteiger partial charge on any atom is -0.294 e. The average Bonchev–Trinajstić information content (AvgIpc) is 3.30. The molecule has 0 saturated heterocycles. The maximum atomic E-state index is 12.7. The summed E-state index contributed by atoms with van der Waals surface area (Å²) in [6.07, 6.45) is 0.893. The van der Waals surface area contributed by atoms with E-state index < -0.39 is 0 Å². The Morgan fingerprint density at radius 3 is 3.12 bits per heavy atom. The number of benzene rings is 2. The monoisotopic (exact) mass is 366 g/mol. The van der Waals surface area contributed by atoms with E-state index in [0.29, 0.717) is 11.7 Å². The molecule has 2 aromatic carbocycles. The van der Waals surface area contributed by atoms with Crippen molar-refractivity contribution in [2.24, 2.45) is 0 Å². The van der Waals surface area contributed by atoms with E-state index >= 15 is 0 Å². The average molecular weight is 366 g/mol. The number of thiazole rings is 2. The lowest BCUT2D eigenvalue weighted by Crippen LogP contribution is -2.33. The molecule has 0 bridgehead atoms. The van der Waals surface area contributed by atoms with Gasteiger partial charge >= 0.3 is 6.03 Å². The van der Waals surface area contributed by atoms with Crippen molar-refractivity contribution in [3.63, 3.8) is 0 Å². The lowest BCUT2D eigenvalue weighted by molar-refractivity contribution is 0.257. The van der Waals surface area contributed by atoms with Gasteiger partial charge in [-0.15, -0.1) is 11.3 Å². The summed E-state index contributed by atoms with van der Waals surface area (Å²) in [5.41, 5.74) is 7.11. The first-order valence-corrected chi connectivity index (χ1v) is 9.69. The topological polar surface area (TPSA) is 58.1 Å². The van der Waals surface area contributed by atoms with Crippen LogP contribution in [-0.2, 0) is 6.42 Å². The lowest BCUT2D eigenvalue weighted by atomic mass is 10.1. The van der Waals surface area contributed by atoms with Crippen molar-refractivity contribution >= 4 is 60.0 Å². The molecule has 2 aromatic heterocycles. The predicted molar refractivity (Wildman–Crippen MR) is 104 cm³/mol. The Hall–Kier alpha value is -2.51. The van der Waals surface area contributed by atoms with E-state index in [1.165, 1.54) is 22.5 Å². The fraction of sp³-hybridized carbons (Fsp3) is 0.167. The zero-order valence-corrected chi connectivity index (χ0v) is 15.1. The first-order chi connectivity index (χ1) is 12.2. The Morgan fingerprint density at radius 1 is 1.28 bits per heavy atom. The van der Waals surface area contributed by atoms with Crippen LogP contribution in [0.2, 0.25) is 0 Å². The zero-order chi connectivity index (χ0) is 17.0. The van der Waals surface area contributed by atoms with E-state index in [2.05, 4.69) is 28.3 Å². The maximum Gasteiger partial charge on any atom is 0.328 e. The van der Waals surface area contributed by atoms with Gasteiger partial charge in [0.05, 0.1) is 20.4 Å². The van der Waals surface area contributed by atoms with Gasteiger partial charge in [0.2, 0.25) is 0 Å². The van der Waals surface area contributed by atoms with Crippen molar-refractivity contribution in [1.29, 1.82) is 0 Å². The number of anilines is 2. The molecule has 1 aliphatic rings. The second-order valence-corrected chi connectivity index (χ2v) is 7.98. The highest BCUT2D eigenvalue weighted by Gasteiger charge is 2.25. The van der Waals surface area contributed by atoms with Crippen LogP contribution in [-0.4, -0.2) is 22.5 Å². The molecule has 3 heterocycles. The molecule has 5 rings (SSSR count). The third-order valence-electron chi connectivity index (χ3n) is 4.45. The summed E-state index contributed by atoms with van der Waals surface area (Å²) >= 11 is 3.09. The first kappa shape index (κ1) is 14.8. The molecular formula is C18H14N4OS2. The normalized spacial score (nSPS) is 13.6. The van der Waals surface area contributed by atoms with E-state index in [9.17, 15) is 4.79 Å². The molecule has 0 radical (unpaired) electrons. The summed E-state index contributed by atoms with van der Waals surface area (Å²) in [6.45, 7) is 2.77. The number of hydrogen-bond acceptors (Lipinski definition) is 5. The number of urea groups is 1. The highest BCUT2D eigenvalue weighted by molar-refractivity contribution is 7.24. The van der Waals surface area contributed by atoms with E-state index in [4.69, 9.17) is 0 Å². The Morgan fingerprint density at radius 2 is 2.20 bits per heavy atom. The van der Waals surface area contributed by atoms with Crippen LogP contribution in [0.1, 0.15) is 11.1 Å². The van der Waals surface area contributed by atoms with Crippen molar-refractivity contribution in [3.05, 3.63) is 47.0 Å².